The third-order valence-corrected chi connectivity index (χ3v) is 1.66. The number of aromatic nitrogens is 2. The highest BCUT2D eigenvalue weighted by molar-refractivity contribution is 6.34. The number of aromatic amines is 1. The molecule has 0 aliphatic carbocycles. The van der Waals surface area contributed by atoms with Crippen molar-refractivity contribution < 1.29 is 0 Å². The second-order valence-corrected chi connectivity index (χ2v) is 2.33. The minimum absolute atomic E-state index is 0.617. The summed E-state index contributed by atoms with van der Waals surface area (Å²) < 4.78 is 0. The first kappa shape index (κ1) is 5.74. The lowest BCUT2D eigenvalue weighted by molar-refractivity contribution is 1.32. The van der Waals surface area contributed by atoms with E-state index in [4.69, 9.17) is 11.6 Å². The van der Waals surface area contributed by atoms with E-state index in [1.165, 1.54) is 0 Å². The summed E-state index contributed by atoms with van der Waals surface area (Å²) in [5.41, 5.74) is 0.809. The number of nitrogens with one attached hydrogen (secondary N) is 1. The van der Waals surface area contributed by atoms with Crippen LogP contribution in [0.1, 0.15) is 0 Å². The molecule has 49 valence electrons. The van der Waals surface area contributed by atoms with Gasteiger partial charge in [0.1, 0.15) is 5.65 Å². The Hall–Kier alpha value is -1.02. The average molecular weight is 152 g/mol. The van der Waals surface area contributed by atoms with Crippen LogP contribution in [0.2, 0.25) is 5.02 Å². The van der Waals surface area contributed by atoms with Crippen molar-refractivity contribution in [2.24, 2.45) is 0 Å². The molecule has 0 spiro atoms. The van der Waals surface area contributed by atoms with Crippen LogP contribution in [0.15, 0.2) is 18.5 Å². The molecule has 1 N–H and O–H groups in total. The van der Waals surface area contributed by atoms with Crippen LogP contribution >= 0.6 is 11.6 Å². The van der Waals surface area contributed by atoms with Gasteiger partial charge in [-0.1, -0.05) is 11.6 Å². The molecule has 0 aliphatic heterocycles. The number of pyridine rings is 1. The van der Waals surface area contributed by atoms with Gasteiger partial charge in [0, 0.05) is 23.8 Å². The lowest BCUT2D eigenvalue weighted by Gasteiger charge is -1.88. The maximum absolute atomic E-state index is 5.78. The van der Waals surface area contributed by atoms with E-state index in [0.29, 0.717) is 5.02 Å². The van der Waals surface area contributed by atoms with Gasteiger partial charge in [-0.05, 0) is 6.07 Å². The maximum Gasteiger partial charge on any atom is 0.138 e. The zero-order valence-corrected chi connectivity index (χ0v) is 5.81. The fourth-order valence-electron chi connectivity index (χ4n) is 0.876. The largest absolute Gasteiger partial charge is 0.346 e. The maximum atomic E-state index is 5.78. The fourth-order valence-corrected chi connectivity index (χ4v) is 1.08. The minimum atomic E-state index is 0.617. The third kappa shape index (κ3) is 0.693. The summed E-state index contributed by atoms with van der Waals surface area (Å²) in [5.74, 6) is 0. The van der Waals surface area contributed by atoms with Gasteiger partial charge in [-0.3, -0.25) is 0 Å². The standard InChI is InChI=1S/C7H4ClN2/c8-6-2-4-10-7-5(6)1-3-9-7/h1,3-4H,(H,9,10). The molecule has 2 nitrogen and oxygen atoms in total. The first-order valence-electron chi connectivity index (χ1n) is 2.87. The molecule has 2 aromatic heterocycles. The van der Waals surface area contributed by atoms with E-state index in [0.717, 1.165) is 11.0 Å². The van der Waals surface area contributed by atoms with Crippen molar-refractivity contribution >= 4 is 22.6 Å². The van der Waals surface area contributed by atoms with E-state index in [1.807, 2.05) is 6.07 Å². The van der Waals surface area contributed by atoms with Gasteiger partial charge in [0.2, 0.25) is 0 Å². The van der Waals surface area contributed by atoms with Crippen LogP contribution in [-0.4, -0.2) is 9.97 Å². The van der Waals surface area contributed by atoms with Crippen LogP contribution in [0.4, 0.5) is 0 Å². The van der Waals surface area contributed by atoms with Crippen molar-refractivity contribution in [1.29, 1.82) is 0 Å². The number of hydrogen-bond donors (Lipinski definition) is 1. The predicted molar refractivity (Wildman–Crippen MR) is 39.9 cm³/mol. The molecule has 3 heteroatoms. The normalized spacial score (nSPS) is 10.5. The third-order valence-electron chi connectivity index (χ3n) is 1.35. The molecule has 0 saturated carbocycles. The van der Waals surface area contributed by atoms with Crippen LogP contribution < -0.4 is 0 Å². The lowest BCUT2D eigenvalue weighted by atomic mass is 10.3. The van der Waals surface area contributed by atoms with Gasteiger partial charge in [0.15, 0.2) is 0 Å². The van der Waals surface area contributed by atoms with Crippen molar-refractivity contribution in [2.75, 3.05) is 0 Å². The molecule has 0 amide bonds. The number of hydrogen-bond acceptors (Lipinski definition) is 1. The summed E-state index contributed by atoms with van der Waals surface area (Å²) in [6, 6.07) is 4.67. The molecule has 0 unspecified atom stereocenters. The summed E-state index contributed by atoms with van der Waals surface area (Å²) in [7, 11) is 0. The molecular formula is C7H4ClN2. The number of nitrogens with zero attached hydrogens (tertiary/aromatic N) is 1. The van der Waals surface area contributed by atoms with Crippen LogP contribution in [0, 0.1) is 6.07 Å². The highest BCUT2D eigenvalue weighted by atomic mass is 35.5. The fraction of sp³-hybridized carbons (Fsp3) is 0. The van der Waals surface area contributed by atoms with Crippen molar-refractivity contribution in [2.45, 2.75) is 0 Å². The van der Waals surface area contributed by atoms with Crippen LogP contribution in [0.25, 0.3) is 11.0 Å². The van der Waals surface area contributed by atoms with Gasteiger partial charge >= 0.3 is 0 Å². The van der Waals surface area contributed by atoms with E-state index < -0.39 is 0 Å². The van der Waals surface area contributed by atoms with Gasteiger partial charge in [-0.15, -0.1) is 0 Å². The van der Waals surface area contributed by atoms with Gasteiger partial charge in [-0.25, -0.2) is 4.98 Å². The number of halogens is 1. The molecule has 0 bridgehead atoms. The SMILES string of the molecule is Clc1[c]cnc2[nH]ccc12. The lowest BCUT2D eigenvalue weighted by Crippen LogP contribution is -1.74. The topological polar surface area (TPSA) is 28.7 Å². The number of rotatable bonds is 0. The molecule has 0 atom stereocenters. The van der Waals surface area contributed by atoms with Gasteiger partial charge in [0.25, 0.3) is 0 Å². The van der Waals surface area contributed by atoms with Crippen LogP contribution in [0.5, 0.6) is 0 Å². The molecule has 0 fully saturated rings. The minimum Gasteiger partial charge on any atom is -0.346 e. The molecule has 0 aromatic carbocycles. The Kier molecular flexibility index (Phi) is 1.14. The van der Waals surface area contributed by atoms with Crippen molar-refractivity contribution in [1.82, 2.24) is 9.97 Å². The van der Waals surface area contributed by atoms with E-state index in [-0.39, 0.29) is 0 Å². The molecule has 2 aromatic rings. The molecule has 2 heterocycles. The monoisotopic (exact) mass is 151 g/mol. The Bertz CT molecular complexity index is 353. The van der Waals surface area contributed by atoms with Crippen molar-refractivity contribution in [3.8, 4) is 0 Å². The van der Waals surface area contributed by atoms with Gasteiger partial charge in [-0.2, -0.15) is 0 Å². The van der Waals surface area contributed by atoms with Crippen LogP contribution in [0.3, 0.4) is 0 Å². The first-order chi connectivity index (χ1) is 4.88. The van der Waals surface area contributed by atoms with E-state index >= 15 is 0 Å². The molecule has 10 heavy (non-hydrogen) atoms. The van der Waals surface area contributed by atoms with Crippen molar-refractivity contribution in [3.05, 3.63) is 29.5 Å². The van der Waals surface area contributed by atoms with Crippen LogP contribution in [-0.2, 0) is 0 Å². The van der Waals surface area contributed by atoms with E-state index in [1.54, 1.807) is 12.4 Å². The second-order valence-electron chi connectivity index (χ2n) is 1.96. The Morgan fingerprint density at radius 2 is 2.50 bits per heavy atom. The Balaban J connectivity index is 2.95. The quantitative estimate of drug-likeness (QED) is 0.613. The molecule has 2 rings (SSSR count). The Morgan fingerprint density at radius 1 is 1.60 bits per heavy atom. The zero-order valence-electron chi connectivity index (χ0n) is 5.06. The summed E-state index contributed by atoms with van der Waals surface area (Å²) in [6.45, 7) is 0. The smallest absolute Gasteiger partial charge is 0.138 e. The van der Waals surface area contributed by atoms with Gasteiger partial charge < -0.3 is 4.98 Å². The second kappa shape index (κ2) is 1.99. The van der Waals surface area contributed by atoms with E-state index in [2.05, 4.69) is 16.0 Å². The molecule has 1 radical (unpaired) electrons. The predicted octanol–water partition coefficient (Wildman–Crippen LogP) is 2.02. The summed E-state index contributed by atoms with van der Waals surface area (Å²) in [5, 5.41) is 1.54. The first-order valence-corrected chi connectivity index (χ1v) is 3.25. The summed E-state index contributed by atoms with van der Waals surface area (Å²) >= 11 is 5.78. The average Bonchev–Trinajstić information content (AvgIpc) is 2.36. The molecular weight excluding hydrogens is 148 g/mol. The zero-order chi connectivity index (χ0) is 6.97. The number of fused-ring (bicyclic) bond motifs is 1. The van der Waals surface area contributed by atoms with E-state index in [9.17, 15) is 0 Å². The van der Waals surface area contributed by atoms with Gasteiger partial charge in [0.05, 0.1) is 5.02 Å². The van der Waals surface area contributed by atoms with Crippen molar-refractivity contribution in [3.63, 3.8) is 0 Å². The summed E-state index contributed by atoms with van der Waals surface area (Å²) in [6.07, 6.45) is 3.36. The summed E-state index contributed by atoms with van der Waals surface area (Å²) in [4.78, 5) is 6.95. The Labute approximate surface area is 62.8 Å². The Morgan fingerprint density at radius 3 is 3.30 bits per heavy atom. The highest BCUT2D eigenvalue weighted by Crippen LogP contribution is 2.18. The molecule has 0 aliphatic rings. The number of H-pyrrole nitrogens is 1. The highest BCUT2D eigenvalue weighted by Gasteiger charge is 1.97. The molecule has 0 saturated heterocycles.